The van der Waals surface area contributed by atoms with Gasteiger partial charge in [-0.2, -0.15) is 5.10 Å². The van der Waals surface area contributed by atoms with Crippen LogP contribution in [-0.4, -0.2) is 63.3 Å². The first-order valence-corrected chi connectivity index (χ1v) is 11.2. The zero-order valence-electron chi connectivity index (χ0n) is 19.8. The van der Waals surface area contributed by atoms with E-state index in [1.54, 1.807) is 31.2 Å². The van der Waals surface area contributed by atoms with Crippen molar-refractivity contribution < 1.29 is 9.47 Å². The van der Waals surface area contributed by atoms with Crippen LogP contribution < -0.4 is 19.7 Å². The number of anilines is 2. The first kappa shape index (κ1) is 23.7. The van der Waals surface area contributed by atoms with Crippen molar-refractivity contribution in [2.75, 3.05) is 32.2 Å². The zero-order valence-corrected chi connectivity index (χ0v) is 20.5. The smallest absolute Gasteiger partial charge is 0.187 e. The van der Waals surface area contributed by atoms with Crippen molar-refractivity contribution >= 4 is 34.3 Å². The number of nitrogens with one attached hydrogen (secondary N) is 1. The Bertz CT molecular complexity index is 1290. The van der Waals surface area contributed by atoms with Gasteiger partial charge < -0.3 is 19.7 Å². The Hall–Kier alpha value is -3.50. The number of aromatic nitrogens is 6. The quantitative estimate of drug-likeness (QED) is 0.383. The van der Waals surface area contributed by atoms with E-state index in [1.165, 1.54) is 0 Å². The highest BCUT2D eigenvalue weighted by Gasteiger charge is 2.20. The van der Waals surface area contributed by atoms with Gasteiger partial charge in [0, 0.05) is 44.5 Å². The van der Waals surface area contributed by atoms with Crippen LogP contribution in [0.25, 0.3) is 22.6 Å². The number of aryl methyl sites for hydroxylation is 1. The van der Waals surface area contributed by atoms with Crippen LogP contribution in [0.2, 0.25) is 5.02 Å². The molecule has 0 amide bonds. The van der Waals surface area contributed by atoms with Crippen molar-refractivity contribution in [3.05, 3.63) is 41.7 Å². The first-order chi connectivity index (χ1) is 16.4. The molecule has 11 heteroatoms. The van der Waals surface area contributed by atoms with Gasteiger partial charge in [0.1, 0.15) is 27.9 Å². The molecule has 0 spiro atoms. The molecule has 10 nitrogen and oxygen atoms in total. The van der Waals surface area contributed by atoms with Gasteiger partial charge in [-0.25, -0.2) is 9.97 Å². The summed E-state index contributed by atoms with van der Waals surface area (Å²) in [6.07, 6.45) is 3.53. The lowest BCUT2D eigenvalue weighted by molar-refractivity contribution is 0.394. The fourth-order valence-electron chi connectivity index (χ4n) is 3.47. The molecule has 0 radical (unpaired) electrons. The Morgan fingerprint density at radius 3 is 2.62 bits per heavy atom. The second kappa shape index (κ2) is 10.2. The predicted molar refractivity (Wildman–Crippen MR) is 132 cm³/mol. The van der Waals surface area contributed by atoms with Crippen LogP contribution in [0.4, 0.5) is 11.5 Å². The maximum absolute atomic E-state index is 6.73. The maximum Gasteiger partial charge on any atom is 0.187 e. The van der Waals surface area contributed by atoms with Crippen LogP contribution in [-0.2, 0) is 7.05 Å². The third-order valence-corrected chi connectivity index (χ3v) is 5.55. The molecule has 3 heterocycles. The summed E-state index contributed by atoms with van der Waals surface area (Å²) in [7, 11) is 5.02. The van der Waals surface area contributed by atoms with Gasteiger partial charge in [0.2, 0.25) is 0 Å². The number of ether oxygens (including phenoxy) is 2. The average Bonchev–Trinajstić information content (AvgIpc) is 3.27. The number of hydrogen-bond acceptors (Lipinski definition) is 9. The van der Waals surface area contributed by atoms with Gasteiger partial charge in [0.25, 0.3) is 0 Å². The molecule has 3 aromatic heterocycles. The molecule has 0 aliphatic rings. The Labute approximate surface area is 202 Å². The van der Waals surface area contributed by atoms with Crippen LogP contribution >= 0.6 is 11.6 Å². The minimum atomic E-state index is 0.334. The number of rotatable bonds is 9. The maximum atomic E-state index is 6.73. The van der Waals surface area contributed by atoms with Crippen molar-refractivity contribution in [3.8, 4) is 22.9 Å². The number of halogens is 1. The van der Waals surface area contributed by atoms with Gasteiger partial charge in [0.05, 0.1) is 31.7 Å². The second-order valence-corrected chi connectivity index (χ2v) is 8.35. The number of hydrogen-bond donors (Lipinski definition) is 1. The Balaban J connectivity index is 1.80. The molecule has 1 aromatic carbocycles. The van der Waals surface area contributed by atoms with Crippen LogP contribution in [0.1, 0.15) is 13.8 Å². The van der Waals surface area contributed by atoms with E-state index in [9.17, 15) is 0 Å². The largest absolute Gasteiger partial charge is 0.497 e. The van der Waals surface area contributed by atoms with Gasteiger partial charge in [-0.1, -0.05) is 25.4 Å². The summed E-state index contributed by atoms with van der Waals surface area (Å²) in [5.41, 5.74) is 2.54. The third-order valence-electron chi connectivity index (χ3n) is 5.17. The van der Waals surface area contributed by atoms with E-state index >= 15 is 0 Å². The van der Waals surface area contributed by atoms with E-state index in [2.05, 4.69) is 39.4 Å². The lowest BCUT2D eigenvalue weighted by atomic mass is 10.2. The zero-order chi connectivity index (χ0) is 24.2. The van der Waals surface area contributed by atoms with E-state index in [-0.39, 0.29) is 0 Å². The standard InChI is InChI=1S/C23H27ClN8O2/c1-14(2)25-8-9-32(18-10-16(33-4)11-19(34-5)21(18)24)20-7-6-17-23(27-20)28-22(30-29-17)15-12-26-31(3)13-15/h6-7,10-14,25H,8-9H2,1-5H3. The van der Waals surface area contributed by atoms with E-state index < -0.39 is 0 Å². The molecule has 34 heavy (non-hydrogen) atoms. The second-order valence-electron chi connectivity index (χ2n) is 7.97. The molecule has 0 aliphatic carbocycles. The van der Waals surface area contributed by atoms with E-state index in [4.69, 9.17) is 26.1 Å². The molecular formula is C23H27ClN8O2. The van der Waals surface area contributed by atoms with Crippen molar-refractivity contribution in [2.24, 2.45) is 7.05 Å². The fourth-order valence-corrected chi connectivity index (χ4v) is 3.76. The number of benzene rings is 1. The van der Waals surface area contributed by atoms with Crippen LogP contribution in [0.15, 0.2) is 36.7 Å². The molecule has 0 saturated heterocycles. The van der Waals surface area contributed by atoms with Crippen molar-refractivity contribution in [2.45, 2.75) is 19.9 Å². The van der Waals surface area contributed by atoms with Gasteiger partial charge in [0.15, 0.2) is 11.5 Å². The number of pyridine rings is 1. The van der Waals surface area contributed by atoms with E-state index in [0.717, 1.165) is 5.56 Å². The lowest BCUT2D eigenvalue weighted by Crippen LogP contribution is -2.33. The summed E-state index contributed by atoms with van der Waals surface area (Å²) in [6.45, 7) is 5.50. The Kier molecular flexibility index (Phi) is 7.09. The molecule has 0 fully saturated rings. The lowest BCUT2D eigenvalue weighted by Gasteiger charge is -2.27. The first-order valence-electron chi connectivity index (χ1n) is 10.8. The number of methoxy groups -OCH3 is 2. The van der Waals surface area contributed by atoms with Gasteiger partial charge in [-0.3, -0.25) is 4.68 Å². The minimum Gasteiger partial charge on any atom is -0.497 e. The number of nitrogens with zero attached hydrogens (tertiary/aromatic N) is 7. The third kappa shape index (κ3) is 5.02. The summed E-state index contributed by atoms with van der Waals surface area (Å²) >= 11 is 6.73. The summed E-state index contributed by atoms with van der Waals surface area (Å²) in [4.78, 5) is 11.5. The topological polar surface area (TPSA) is 103 Å². The Morgan fingerprint density at radius 1 is 1.12 bits per heavy atom. The fraction of sp³-hybridized carbons (Fsp3) is 0.348. The summed E-state index contributed by atoms with van der Waals surface area (Å²) in [5, 5.41) is 16.6. The molecule has 0 saturated carbocycles. The van der Waals surface area contributed by atoms with Gasteiger partial charge >= 0.3 is 0 Å². The highest BCUT2D eigenvalue weighted by Crippen LogP contribution is 2.41. The molecule has 4 aromatic rings. The molecule has 1 N–H and O–H groups in total. The molecule has 0 atom stereocenters. The Morgan fingerprint density at radius 2 is 1.94 bits per heavy atom. The molecule has 0 bridgehead atoms. The van der Waals surface area contributed by atoms with Crippen LogP contribution in [0, 0.1) is 0 Å². The molecule has 178 valence electrons. The van der Waals surface area contributed by atoms with Gasteiger partial charge in [-0.15, -0.1) is 10.2 Å². The van der Waals surface area contributed by atoms with Crippen LogP contribution in [0.3, 0.4) is 0 Å². The summed E-state index contributed by atoms with van der Waals surface area (Å²) in [5.74, 6) is 2.26. The molecule has 0 aliphatic heterocycles. The van der Waals surface area contributed by atoms with Gasteiger partial charge in [-0.05, 0) is 12.1 Å². The number of fused-ring (bicyclic) bond motifs is 1. The summed E-state index contributed by atoms with van der Waals surface area (Å²) in [6, 6.07) is 7.67. The monoisotopic (exact) mass is 482 g/mol. The van der Waals surface area contributed by atoms with Crippen molar-refractivity contribution in [1.29, 1.82) is 0 Å². The summed E-state index contributed by atoms with van der Waals surface area (Å²) < 4.78 is 12.6. The van der Waals surface area contributed by atoms with Crippen molar-refractivity contribution in [3.63, 3.8) is 0 Å². The van der Waals surface area contributed by atoms with Crippen molar-refractivity contribution in [1.82, 2.24) is 35.3 Å². The minimum absolute atomic E-state index is 0.334. The molecule has 4 rings (SSSR count). The molecule has 0 unspecified atom stereocenters. The SMILES string of the molecule is COc1cc(OC)c(Cl)c(N(CCNC(C)C)c2ccc3nnc(-c4cnn(C)c4)nc3n2)c1. The average molecular weight is 483 g/mol. The van der Waals surface area contributed by atoms with E-state index in [0.29, 0.717) is 64.1 Å². The van der Waals surface area contributed by atoms with E-state index in [1.807, 2.05) is 36.3 Å². The predicted octanol–water partition coefficient (Wildman–Crippen LogP) is 3.63. The normalized spacial score (nSPS) is 11.3. The highest BCUT2D eigenvalue weighted by atomic mass is 35.5. The highest BCUT2D eigenvalue weighted by molar-refractivity contribution is 6.35. The van der Waals surface area contributed by atoms with Crippen LogP contribution in [0.5, 0.6) is 11.5 Å². The molecular weight excluding hydrogens is 456 g/mol.